The highest BCUT2D eigenvalue weighted by molar-refractivity contribution is 9.10. The predicted molar refractivity (Wildman–Crippen MR) is 75.7 cm³/mol. The molecule has 0 radical (unpaired) electrons. The minimum atomic E-state index is -0.859. The van der Waals surface area contributed by atoms with Gasteiger partial charge in [0.25, 0.3) is 0 Å². The van der Waals surface area contributed by atoms with E-state index < -0.39 is 17.0 Å². The molecule has 1 atom stereocenters. The summed E-state index contributed by atoms with van der Waals surface area (Å²) in [5, 5.41) is -0.435. The first-order valence-electron chi connectivity index (χ1n) is 5.00. The maximum absolute atomic E-state index is 13.5. The van der Waals surface area contributed by atoms with E-state index in [1.54, 1.807) is 6.07 Å². The fraction of sp³-hybridized carbons (Fsp3) is 0.167. The van der Waals surface area contributed by atoms with Gasteiger partial charge in [0.1, 0.15) is 4.34 Å². The first kappa shape index (κ1) is 14.3. The van der Waals surface area contributed by atoms with Crippen LogP contribution in [0.1, 0.15) is 15.8 Å². The maximum atomic E-state index is 13.5. The van der Waals surface area contributed by atoms with Crippen LogP contribution in [0.25, 0.3) is 0 Å². The highest BCUT2D eigenvalue weighted by atomic mass is 79.9. The van der Waals surface area contributed by atoms with E-state index in [-0.39, 0.29) is 12.0 Å². The van der Waals surface area contributed by atoms with Gasteiger partial charge in [-0.05, 0) is 40.0 Å². The SMILES string of the molecule is Fc1cccc(CC(Cl)c2cc(Br)c(Cl)s2)c1F. The Kier molecular flexibility index (Phi) is 4.64. The third-order valence-electron chi connectivity index (χ3n) is 2.40. The summed E-state index contributed by atoms with van der Waals surface area (Å²) in [4.78, 5) is 0.817. The third kappa shape index (κ3) is 3.05. The third-order valence-corrected chi connectivity index (χ3v) is 5.51. The maximum Gasteiger partial charge on any atom is 0.162 e. The van der Waals surface area contributed by atoms with E-state index in [2.05, 4.69) is 15.9 Å². The lowest BCUT2D eigenvalue weighted by Crippen LogP contribution is -1.98. The Bertz CT molecular complexity index is 552. The monoisotopic (exact) mass is 370 g/mol. The van der Waals surface area contributed by atoms with Crippen LogP contribution in [0.2, 0.25) is 4.34 Å². The summed E-state index contributed by atoms with van der Waals surface area (Å²) in [5.41, 5.74) is 0.260. The van der Waals surface area contributed by atoms with Gasteiger partial charge in [0.15, 0.2) is 11.6 Å². The number of thiophene rings is 1. The zero-order valence-electron chi connectivity index (χ0n) is 8.89. The molecule has 0 saturated carbocycles. The molecular formula is C12H7BrCl2F2S. The van der Waals surface area contributed by atoms with Gasteiger partial charge in [-0.25, -0.2) is 8.78 Å². The Labute approximate surface area is 126 Å². The molecular weight excluding hydrogens is 365 g/mol. The van der Waals surface area contributed by atoms with E-state index in [0.717, 1.165) is 15.4 Å². The molecule has 0 fully saturated rings. The summed E-state index contributed by atoms with van der Waals surface area (Å²) >= 11 is 16.7. The van der Waals surface area contributed by atoms with Crippen molar-refractivity contribution in [3.63, 3.8) is 0 Å². The molecule has 0 amide bonds. The summed E-state index contributed by atoms with van der Waals surface area (Å²) in [5.74, 6) is -1.70. The van der Waals surface area contributed by atoms with Gasteiger partial charge < -0.3 is 0 Å². The molecule has 0 aliphatic rings. The van der Waals surface area contributed by atoms with Gasteiger partial charge in [-0.2, -0.15) is 0 Å². The van der Waals surface area contributed by atoms with Crippen LogP contribution in [0.5, 0.6) is 0 Å². The van der Waals surface area contributed by atoms with Crippen LogP contribution in [-0.4, -0.2) is 0 Å². The molecule has 0 aliphatic heterocycles. The van der Waals surface area contributed by atoms with Crippen molar-refractivity contribution < 1.29 is 8.78 Å². The number of rotatable bonds is 3. The number of halogens is 5. The fourth-order valence-corrected chi connectivity index (χ4v) is 3.59. The zero-order valence-corrected chi connectivity index (χ0v) is 12.8. The second kappa shape index (κ2) is 5.87. The normalized spacial score (nSPS) is 12.7. The number of hydrogen-bond acceptors (Lipinski definition) is 1. The molecule has 0 nitrogen and oxygen atoms in total. The quantitative estimate of drug-likeness (QED) is 0.583. The van der Waals surface area contributed by atoms with Gasteiger partial charge in [-0.1, -0.05) is 23.7 Å². The Morgan fingerprint density at radius 1 is 1.33 bits per heavy atom. The van der Waals surface area contributed by atoms with Crippen molar-refractivity contribution in [3.05, 3.63) is 55.1 Å². The van der Waals surface area contributed by atoms with Crippen LogP contribution < -0.4 is 0 Å². The topological polar surface area (TPSA) is 0 Å². The smallest absolute Gasteiger partial charge is 0.162 e. The van der Waals surface area contributed by atoms with E-state index in [0.29, 0.717) is 4.34 Å². The van der Waals surface area contributed by atoms with Gasteiger partial charge in [-0.15, -0.1) is 22.9 Å². The molecule has 2 rings (SSSR count). The molecule has 0 saturated heterocycles. The Hall–Kier alpha value is -0.160. The van der Waals surface area contributed by atoms with E-state index in [9.17, 15) is 8.78 Å². The van der Waals surface area contributed by atoms with Gasteiger partial charge in [-0.3, -0.25) is 0 Å². The highest BCUT2D eigenvalue weighted by Crippen LogP contribution is 2.38. The second-order valence-corrected chi connectivity index (χ2v) is 6.72. The van der Waals surface area contributed by atoms with Crippen LogP contribution in [0.15, 0.2) is 28.7 Å². The van der Waals surface area contributed by atoms with E-state index in [1.807, 2.05) is 0 Å². The van der Waals surface area contributed by atoms with Crippen molar-refractivity contribution in [1.29, 1.82) is 0 Å². The van der Waals surface area contributed by atoms with Crippen LogP contribution in [0.3, 0.4) is 0 Å². The number of benzene rings is 1. The summed E-state index contributed by atoms with van der Waals surface area (Å²) in [6.07, 6.45) is 0.217. The molecule has 1 aromatic heterocycles. The van der Waals surface area contributed by atoms with Crippen molar-refractivity contribution in [2.75, 3.05) is 0 Å². The van der Waals surface area contributed by atoms with Crippen molar-refractivity contribution >= 4 is 50.5 Å². The van der Waals surface area contributed by atoms with Crippen molar-refractivity contribution in [3.8, 4) is 0 Å². The fourth-order valence-electron chi connectivity index (χ4n) is 1.52. The standard InChI is InChI=1S/C12H7BrCl2F2S/c13-7-5-10(18-12(7)15)8(14)4-6-2-1-3-9(16)11(6)17/h1-3,5,8H,4H2. The minimum Gasteiger partial charge on any atom is -0.204 e. The summed E-state index contributed by atoms with van der Waals surface area (Å²) in [7, 11) is 0. The molecule has 0 bridgehead atoms. The zero-order chi connectivity index (χ0) is 13.3. The van der Waals surface area contributed by atoms with Crippen LogP contribution in [-0.2, 0) is 6.42 Å². The first-order chi connectivity index (χ1) is 8.49. The van der Waals surface area contributed by atoms with Crippen molar-refractivity contribution in [1.82, 2.24) is 0 Å². The lowest BCUT2D eigenvalue weighted by atomic mass is 10.1. The molecule has 96 valence electrons. The number of hydrogen-bond donors (Lipinski definition) is 0. The molecule has 0 aliphatic carbocycles. The molecule has 0 spiro atoms. The van der Waals surface area contributed by atoms with E-state index in [1.165, 1.54) is 23.5 Å². The molecule has 1 unspecified atom stereocenters. The molecule has 6 heteroatoms. The molecule has 18 heavy (non-hydrogen) atoms. The lowest BCUT2D eigenvalue weighted by Gasteiger charge is -2.08. The van der Waals surface area contributed by atoms with E-state index in [4.69, 9.17) is 23.2 Å². The average Bonchev–Trinajstić information content (AvgIpc) is 2.66. The van der Waals surface area contributed by atoms with Crippen molar-refractivity contribution in [2.24, 2.45) is 0 Å². The summed E-state index contributed by atoms with van der Waals surface area (Å²) in [6.45, 7) is 0. The molecule has 1 heterocycles. The minimum absolute atomic E-state index is 0.217. The van der Waals surface area contributed by atoms with Gasteiger partial charge in [0.2, 0.25) is 0 Å². The van der Waals surface area contributed by atoms with Crippen molar-refractivity contribution in [2.45, 2.75) is 11.8 Å². The molecule has 0 N–H and O–H groups in total. The Morgan fingerprint density at radius 3 is 2.67 bits per heavy atom. The summed E-state index contributed by atoms with van der Waals surface area (Å²) in [6, 6.07) is 5.87. The number of alkyl halides is 1. The predicted octanol–water partition coefficient (Wildman–Crippen LogP) is 5.96. The van der Waals surface area contributed by atoms with E-state index >= 15 is 0 Å². The van der Waals surface area contributed by atoms with Crippen LogP contribution in [0, 0.1) is 11.6 Å². The van der Waals surface area contributed by atoms with Gasteiger partial charge in [0, 0.05) is 9.35 Å². The largest absolute Gasteiger partial charge is 0.204 e. The van der Waals surface area contributed by atoms with Crippen LogP contribution in [0.4, 0.5) is 8.78 Å². The Morgan fingerprint density at radius 2 is 2.06 bits per heavy atom. The second-order valence-electron chi connectivity index (χ2n) is 3.66. The lowest BCUT2D eigenvalue weighted by molar-refractivity contribution is 0.498. The first-order valence-corrected chi connectivity index (χ1v) is 7.43. The van der Waals surface area contributed by atoms with Gasteiger partial charge >= 0.3 is 0 Å². The Balaban J connectivity index is 2.21. The average molecular weight is 372 g/mol. The highest BCUT2D eigenvalue weighted by Gasteiger charge is 2.17. The van der Waals surface area contributed by atoms with Gasteiger partial charge in [0.05, 0.1) is 5.38 Å². The molecule has 1 aromatic carbocycles. The summed E-state index contributed by atoms with van der Waals surface area (Å²) < 4.78 is 27.9. The molecule has 2 aromatic rings. The van der Waals surface area contributed by atoms with Crippen LogP contribution >= 0.6 is 50.5 Å².